The summed E-state index contributed by atoms with van der Waals surface area (Å²) >= 11 is 0. The van der Waals surface area contributed by atoms with Crippen LogP contribution in [-0.2, 0) is 17.6 Å². The van der Waals surface area contributed by atoms with E-state index in [2.05, 4.69) is 35.2 Å². The van der Waals surface area contributed by atoms with Gasteiger partial charge in [0.05, 0.1) is 5.69 Å². The molecule has 110 valence electrons. The Morgan fingerprint density at radius 1 is 1.05 bits per heavy atom. The van der Waals surface area contributed by atoms with Crippen molar-refractivity contribution in [3.63, 3.8) is 0 Å². The quantitative estimate of drug-likeness (QED) is 0.828. The maximum absolute atomic E-state index is 5.85. The highest BCUT2D eigenvalue weighted by Gasteiger charge is 2.16. The Labute approximate surface area is 126 Å². The van der Waals surface area contributed by atoms with Crippen molar-refractivity contribution in [3.05, 3.63) is 41.9 Å². The smallest absolute Gasteiger partial charge is 0.133 e. The SMILES string of the molecule is c1cn(C2CCCCO2)cc1-c1ccc2c(n1)CCCC2. The minimum Gasteiger partial charge on any atom is -0.358 e. The number of aryl methyl sites for hydroxylation is 2. The van der Waals surface area contributed by atoms with Gasteiger partial charge in [-0.15, -0.1) is 0 Å². The summed E-state index contributed by atoms with van der Waals surface area (Å²) in [6.07, 6.45) is 13.0. The summed E-state index contributed by atoms with van der Waals surface area (Å²) in [5, 5.41) is 0. The third-order valence-electron chi connectivity index (χ3n) is 4.68. The van der Waals surface area contributed by atoms with Crippen molar-refractivity contribution in [3.8, 4) is 11.3 Å². The van der Waals surface area contributed by atoms with Gasteiger partial charge in [0.2, 0.25) is 0 Å². The van der Waals surface area contributed by atoms with Gasteiger partial charge in [0.1, 0.15) is 6.23 Å². The standard InChI is InChI=1S/C18H22N2O/c1-2-6-16-14(5-1)8-9-17(19-16)15-10-11-20(13-15)18-7-3-4-12-21-18/h8-11,13,18H,1-7,12H2. The van der Waals surface area contributed by atoms with Crippen molar-refractivity contribution in [1.29, 1.82) is 0 Å². The van der Waals surface area contributed by atoms with Gasteiger partial charge < -0.3 is 9.30 Å². The van der Waals surface area contributed by atoms with Crippen LogP contribution in [0.2, 0.25) is 0 Å². The van der Waals surface area contributed by atoms with Gasteiger partial charge in [-0.25, -0.2) is 0 Å². The van der Waals surface area contributed by atoms with E-state index in [1.807, 2.05) is 0 Å². The van der Waals surface area contributed by atoms with Crippen molar-refractivity contribution in [1.82, 2.24) is 9.55 Å². The molecule has 0 amide bonds. The van der Waals surface area contributed by atoms with Crippen LogP contribution in [0.5, 0.6) is 0 Å². The maximum atomic E-state index is 5.85. The van der Waals surface area contributed by atoms with Crippen LogP contribution in [0.25, 0.3) is 11.3 Å². The third kappa shape index (κ3) is 2.62. The molecule has 3 heteroatoms. The van der Waals surface area contributed by atoms with Crippen molar-refractivity contribution >= 4 is 0 Å². The first kappa shape index (κ1) is 13.1. The summed E-state index contributed by atoms with van der Waals surface area (Å²) < 4.78 is 8.05. The van der Waals surface area contributed by atoms with Gasteiger partial charge in [0, 0.05) is 30.3 Å². The number of rotatable bonds is 2. The van der Waals surface area contributed by atoms with E-state index in [0.717, 1.165) is 25.1 Å². The fourth-order valence-corrected chi connectivity index (χ4v) is 3.45. The first-order valence-corrected chi connectivity index (χ1v) is 8.18. The number of pyridine rings is 1. The monoisotopic (exact) mass is 282 g/mol. The predicted octanol–water partition coefficient (Wildman–Crippen LogP) is 4.13. The molecule has 0 aromatic carbocycles. The van der Waals surface area contributed by atoms with Gasteiger partial charge in [0.15, 0.2) is 0 Å². The molecule has 0 spiro atoms. The fourth-order valence-electron chi connectivity index (χ4n) is 3.45. The Morgan fingerprint density at radius 2 is 2.00 bits per heavy atom. The summed E-state index contributed by atoms with van der Waals surface area (Å²) in [5.41, 5.74) is 5.06. The topological polar surface area (TPSA) is 27.1 Å². The maximum Gasteiger partial charge on any atom is 0.133 e. The van der Waals surface area contributed by atoms with Crippen LogP contribution in [0.15, 0.2) is 30.6 Å². The van der Waals surface area contributed by atoms with Crippen LogP contribution in [-0.4, -0.2) is 16.2 Å². The highest BCUT2D eigenvalue weighted by Crippen LogP contribution is 2.28. The number of fused-ring (bicyclic) bond motifs is 1. The normalized spacial score (nSPS) is 22.0. The van der Waals surface area contributed by atoms with Gasteiger partial charge in [0.25, 0.3) is 0 Å². The number of hydrogen-bond acceptors (Lipinski definition) is 2. The number of ether oxygens (including phenoxy) is 1. The zero-order valence-corrected chi connectivity index (χ0v) is 12.4. The lowest BCUT2D eigenvalue weighted by atomic mass is 9.95. The van der Waals surface area contributed by atoms with E-state index in [9.17, 15) is 0 Å². The van der Waals surface area contributed by atoms with Crippen LogP contribution in [0.3, 0.4) is 0 Å². The summed E-state index contributed by atoms with van der Waals surface area (Å²) in [7, 11) is 0. The van der Waals surface area contributed by atoms with Gasteiger partial charge in [-0.2, -0.15) is 0 Å². The zero-order valence-electron chi connectivity index (χ0n) is 12.4. The molecular weight excluding hydrogens is 260 g/mol. The lowest BCUT2D eigenvalue weighted by Crippen LogP contribution is -2.16. The van der Waals surface area contributed by atoms with Crippen LogP contribution in [0, 0.1) is 0 Å². The Balaban J connectivity index is 1.60. The average Bonchev–Trinajstić information content (AvgIpc) is 3.05. The molecule has 0 radical (unpaired) electrons. The molecule has 0 saturated carbocycles. The third-order valence-corrected chi connectivity index (χ3v) is 4.68. The summed E-state index contributed by atoms with van der Waals surface area (Å²) in [5.74, 6) is 0. The minimum absolute atomic E-state index is 0.213. The molecular formula is C18H22N2O. The average molecular weight is 282 g/mol. The van der Waals surface area contributed by atoms with Crippen molar-refractivity contribution in [2.75, 3.05) is 6.61 Å². The van der Waals surface area contributed by atoms with Crippen molar-refractivity contribution < 1.29 is 4.74 Å². The van der Waals surface area contributed by atoms with E-state index < -0.39 is 0 Å². The molecule has 3 heterocycles. The molecule has 2 aromatic heterocycles. The molecule has 1 aliphatic carbocycles. The van der Waals surface area contributed by atoms with Gasteiger partial charge >= 0.3 is 0 Å². The lowest BCUT2D eigenvalue weighted by molar-refractivity contribution is -0.0317. The summed E-state index contributed by atoms with van der Waals surface area (Å²) in [6.45, 7) is 0.884. The lowest BCUT2D eigenvalue weighted by Gasteiger charge is -2.23. The van der Waals surface area contributed by atoms with E-state index in [0.29, 0.717) is 0 Å². The largest absolute Gasteiger partial charge is 0.358 e. The van der Waals surface area contributed by atoms with E-state index >= 15 is 0 Å². The van der Waals surface area contributed by atoms with Crippen LogP contribution >= 0.6 is 0 Å². The first-order valence-electron chi connectivity index (χ1n) is 8.18. The number of hydrogen-bond donors (Lipinski definition) is 0. The molecule has 1 fully saturated rings. The molecule has 1 aliphatic heterocycles. The van der Waals surface area contributed by atoms with Crippen molar-refractivity contribution in [2.45, 2.75) is 51.2 Å². The second kappa shape index (κ2) is 5.64. The van der Waals surface area contributed by atoms with Crippen LogP contribution < -0.4 is 0 Å². The number of nitrogens with zero attached hydrogens (tertiary/aromatic N) is 2. The molecule has 2 aliphatic rings. The van der Waals surface area contributed by atoms with Gasteiger partial charge in [-0.1, -0.05) is 6.07 Å². The highest BCUT2D eigenvalue weighted by atomic mass is 16.5. The van der Waals surface area contributed by atoms with Crippen LogP contribution in [0.4, 0.5) is 0 Å². The van der Waals surface area contributed by atoms with Crippen molar-refractivity contribution in [2.24, 2.45) is 0 Å². The molecule has 0 bridgehead atoms. The van der Waals surface area contributed by atoms with E-state index in [1.54, 1.807) is 0 Å². The van der Waals surface area contributed by atoms with E-state index in [4.69, 9.17) is 9.72 Å². The Hall–Kier alpha value is -1.61. The molecule has 4 rings (SSSR count). The fraction of sp³-hybridized carbons (Fsp3) is 0.500. The van der Waals surface area contributed by atoms with Crippen LogP contribution in [0.1, 0.15) is 49.6 Å². The Kier molecular flexibility index (Phi) is 3.52. The first-order chi connectivity index (χ1) is 10.4. The second-order valence-corrected chi connectivity index (χ2v) is 6.18. The minimum atomic E-state index is 0.213. The predicted molar refractivity (Wildman–Crippen MR) is 83.1 cm³/mol. The van der Waals surface area contributed by atoms with E-state index in [1.165, 1.54) is 48.9 Å². The van der Waals surface area contributed by atoms with E-state index in [-0.39, 0.29) is 6.23 Å². The molecule has 2 aromatic rings. The molecule has 3 nitrogen and oxygen atoms in total. The molecule has 21 heavy (non-hydrogen) atoms. The number of aromatic nitrogens is 2. The molecule has 1 atom stereocenters. The molecule has 1 saturated heterocycles. The molecule has 1 unspecified atom stereocenters. The Bertz CT molecular complexity index is 626. The highest BCUT2D eigenvalue weighted by molar-refractivity contribution is 5.59. The zero-order chi connectivity index (χ0) is 14.1. The van der Waals surface area contributed by atoms with Gasteiger partial charge in [-0.05, 0) is 62.6 Å². The molecule has 0 N–H and O–H groups in total. The Morgan fingerprint density at radius 3 is 2.90 bits per heavy atom. The summed E-state index contributed by atoms with van der Waals surface area (Å²) in [4.78, 5) is 4.89. The van der Waals surface area contributed by atoms with Gasteiger partial charge in [-0.3, -0.25) is 4.98 Å². The summed E-state index contributed by atoms with van der Waals surface area (Å²) in [6, 6.07) is 6.60. The second-order valence-electron chi connectivity index (χ2n) is 6.18.